The Morgan fingerprint density at radius 3 is 2.00 bits per heavy atom. The molecule has 1 saturated heterocycles. The molecule has 1 rings (SSSR count). The van der Waals surface area contributed by atoms with Gasteiger partial charge in [0.1, 0.15) is 0 Å². The van der Waals surface area contributed by atoms with Crippen molar-refractivity contribution in [2.75, 3.05) is 13.1 Å². The van der Waals surface area contributed by atoms with Crippen LogP contribution in [-0.4, -0.2) is 29.6 Å². The number of rotatable bonds is 13. The molecule has 0 aliphatic carbocycles. The highest BCUT2D eigenvalue weighted by molar-refractivity contribution is 5.78. The van der Waals surface area contributed by atoms with Crippen molar-refractivity contribution in [2.24, 2.45) is 0 Å². The number of amides is 1. The van der Waals surface area contributed by atoms with Gasteiger partial charge in [-0.1, -0.05) is 64.7 Å². The van der Waals surface area contributed by atoms with Gasteiger partial charge in [0.2, 0.25) is 5.91 Å². The Kier molecular flexibility index (Phi) is 9.77. The zero-order valence-corrected chi connectivity index (χ0v) is 15.3. The Balaban J connectivity index is 1.93. The van der Waals surface area contributed by atoms with Crippen molar-refractivity contribution in [3.05, 3.63) is 0 Å². The molecule has 1 aliphatic heterocycles. The van der Waals surface area contributed by atoms with Gasteiger partial charge in [-0.3, -0.25) is 10.1 Å². The molecule has 0 bridgehead atoms. The lowest BCUT2D eigenvalue weighted by Crippen LogP contribution is -2.55. The van der Waals surface area contributed by atoms with Gasteiger partial charge in [-0.2, -0.15) is 0 Å². The molecule has 1 N–H and O–H groups in total. The van der Waals surface area contributed by atoms with Crippen molar-refractivity contribution < 1.29 is 4.79 Å². The molecule has 130 valence electrons. The van der Waals surface area contributed by atoms with E-state index in [1.165, 1.54) is 64.2 Å². The summed E-state index contributed by atoms with van der Waals surface area (Å²) in [5.74, 6) is 0.306. The number of carbonyl (C=O) groups is 1. The summed E-state index contributed by atoms with van der Waals surface area (Å²) in [5.41, 5.74) is -0.174. The van der Waals surface area contributed by atoms with E-state index in [9.17, 15) is 4.79 Å². The summed E-state index contributed by atoms with van der Waals surface area (Å²) in [5, 5.41) is 3.56. The molecule has 0 saturated carbocycles. The summed E-state index contributed by atoms with van der Waals surface area (Å²) in [6.45, 7) is 8.47. The maximum Gasteiger partial charge on any atom is 0.224 e. The molecule has 0 radical (unpaired) electrons. The van der Waals surface area contributed by atoms with Crippen LogP contribution in [0.15, 0.2) is 0 Å². The highest BCUT2D eigenvalue weighted by atomic mass is 16.2. The van der Waals surface area contributed by atoms with Crippen LogP contribution in [0, 0.1) is 0 Å². The Morgan fingerprint density at radius 2 is 1.50 bits per heavy atom. The van der Waals surface area contributed by atoms with E-state index in [4.69, 9.17) is 0 Å². The number of unbranched alkanes of at least 4 members (excludes halogenated alkanes) is 9. The number of hydrogen-bond donors (Lipinski definition) is 1. The van der Waals surface area contributed by atoms with Gasteiger partial charge < -0.3 is 4.90 Å². The summed E-state index contributed by atoms with van der Waals surface area (Å²) < 4.78 is 0. The highest BCUT2D eigenvalue weighted by Gasteiger charge is 2.33. The minimum Gasteiger partial charge on any atom is -0.325 e. The molecular formula is C19H38N2O. The second-order valence-electron chi connectivity index (χ2n) is 7.32. The third-order valence-corrected chi connectivity index (χ3v) is 4.84. The lowest BCUT2D eigenvalue weighted by Gasteiger charge is -2.36. The average molecular weight is 311 g/mol. The number of nitrogens with zero attached hydrogens (tertiary/aromatic N) is 1. The summed E-state index contributed by atoms with van der Waals surface area (Å²) in [7, 11) is 0. The second kappa shape index (κ2) is 11.0. The van der Waals surface area contributed by atoms with Gasteiger partial charge in [0.05, 0.1) is 5.66 Å². The summed E-state index contributed by atoms with van der Waals surface area (Å²) in [4.78, 5) is 13.8. The molecule has 1 aliphatic rings. The fraction of sp³-hybridized carbons (Fsp3) is 0.947. The van der Waals surface area contributed by atoms with E-state index in [2.05, 4.69) is 26.1 Å². The van der Waals surface area contributed by atoms with E-state index >= 15 is 0 Å². The fourth-order valence-corrected chi connectivity index (χ4v) is 3.34. The smallest absolute Gasteiger partial charge is 0.224 e. The van der Waals surface area contributed by atoms with Crippen LogP contribution < -0.4 is 5.32 Å². The molecule has 1 fully saturated rings. The Hall–Kier alpha value is -0.570. The summed E-state index contributed by atoms with van der Waals surface area (Å²) in [6.07, 6.45) is 15.4. The van der Waals surface area contributed by atoms with E-state index in [0.29, 0.717) is 5.91 Å². The number of hydrogen-bond acceptors (Lipinski definition) is 2. The van der Waals surface area contributed by atoms with Crippen LogP contribution >= 0.6 is 0 Å². The lowest BCUT2D eigenvalue weighted by molar-refractivity contribution is -0.133. The average Bonchev–Trinajstić information content (AvgIpc) is 2.92. The van der Waals surface area contributed by atoms with Crippen LogP contribution in [0.25, 0.3) is 0 Å². The highest BCUT2D eigenvalue weighted by Crippen LogP contribution is 2.20. The zero-order valence-electron chi connectivity index (χ0n) is 15.3. The Morgan fingerprint density at radius 1 is 0.955 bits per heavy atom. The fourth-order valence-electron chi connectivity index (χ4n) is 3.34. The first-order valence-corrected chi connectivity index (χ1v) is 9.63. The molecule has 0 aromatic carbocycles. The van der Waals surface area contributed by atoms with E-state index in [-0.39, 0.29) is 5.66 Å². The van der Waals surface area contributed by atoms with Crippen LogP contribution in [0.5, 0.6) is 0 Å². The molecule has 1 heterocycles. The standard InChI is InChI=1S/C19H38N2O/c1-4-5-6-7-8-9-10-11-12-13-16-20-19(2,3)21-17-14-15-18(21)22/h20H,4-17H2,1-3H3. The second-order valence-corrected chi connectivity index (χ2v) is 7.32. The molecule has 0 aromatic rings. The van der Waals surface area contributed by atoms with Crippen molar-refractivity contribution in [3.63, 3.8) is 0 Å². The minimum absolute atomic E-state index is 0.174. The first-order valence-electron chi connectivity index (χ1n) is 9.63. The first kappa shape index (κ1) is 19.5. The van der Waals surface area contributed by atoms with Crippen molar-refractivity contribution in [1.29, 1.82) is 0 Å². The SMILES string of the molecule is CCCCCCCCCCCCNC(C)(C)N1CCCC1=O. The minimum atomic E-state index is -0.174. The molecule has 3 heteroatoms. The molecule has 0 unspecified atom stereocenters. The normalized spacial score (nSPS) is 15.8. The molecule has 3 nitrogen and oxygen atoms in total. The van der Waals surface area contributed by atoms with Gasteiger partial charge >= 0.3 is 0 Å². The third-order valence-electron chi connectivity index (χ3n) is 4.84. The molecule has 1 amide bonds. The van der Waals surface area contributed by atoms with Gasteiger partial charge in [0.15, 0.2) is 0 Å². The van der Waals surface area contributed by atoms with Crippen LogP contribution in [-0.2, 0) is 4.79 Å². The number of nitrogens with one attached hydrogen (secondary N) is 1. The first-order chi connectivity index (χ1) is 10.6. The molecular weight excluding hydrogens is 272 g/mol. The van der Waals surface area contributed by atoms with Crippen molar-refractivity contribution >= 4 is 5.91 Å². The van der Waals surface area contributed by atoms with E-state index in [1.54, 1.807) is 0 Å². The summed E-state index contributed by atoms with van der Waals surface area (Å²) in [6, 6.07) is 0. The third kappa shape index (κ3) is 7.62. The van der Waals surface area contributed by atoms with Gasteiger partial charge in [-0.25, -0.2) is 0 Å². The van der Waals surface area contributed by atoms with E-state index in [1.807, 2.05) is 4.90 Å². The van der Waals surface area contributed by atoms with E-state index in [0.717, 1.165) is 25.9 Å². The van der Waals surface area contributed by atoms with Crippen molar-refractivity contribution in [2.45, 2.75) is 103 Å². The predicted molar refractivity (Wildman–Crippen MR) is 94.9 cm³/mol. The molecule has 0 aromatic heterocycles. The maximum absolute atomic E-state index is 11.8. The maximum atomic E-state index is 11.8. The van der Waals surface area contributed by atoms with Crippen LogP contribution in [0.3, 0.4) is 0 Å². The number of likely N-dealkylation sites (tertiary alicyclic amines) is 1. The van der Waals surface area contributed by atoms with E-state index < -0.39 is 0 Å². The predicted octanol–water partition coefficient (Wildman–Crippen LogP) is 4.86. The van der Waals surface area contributed by atoms with Crippen molar-refractivity contribution in [3.8, 4) is 0 Å². The van der Waals surface area contributed by atoms with Gasteiger partial charge in [-0.15, -0.1) is 0 Å². The Labute approximate surface area is 138 Å². The monoisotopic (exact) mass is 310 g/mol. The van der Waals surface area contributed by atoms with Crippen LogP contribution in [0.2, 0.25) is 0 Å². The largest absolute Gasteiger partial charge is 0.325 e. The van der Waals surface area contributed by atoms with Gasteiger partial charge in [0, 0.05) is 13.0 Å². The lowest BCUT2D eigenvalue weighted by atomic mass is 10.1. The van der Waals surface area contributed by atoms with Crippen LogP contribution in [0.4, 0.5) is 0 Å². The summed E-state index contributed by atoms with van der Waals surface area (Å²) >= 11 is 0. The quantitative estimate of drug-likeness (QED) is 0.493. The van der Waals surface area contributed by atoms with Crippen molar-refractivity contribution in [1.82, 2.24) is 10.2 Å². The molecule has 0 atom stereocenters. The molecule has 22 heavy (non-hydrogen) atoms. The Bertz CT molecular complexity index is 302. The molecule has 0 spiro atoms. The zero-order chi connectivity index (χ0) is 16.3. The van der Waals surface area contributed by atoms with Gasteiger partial charge in [-0.05, 0) is 33.2 Å². The van der Waals surface area contributed by atoms with Crippen LogP contribution in [0.1, 0.15) is 97.8 Å². The number of carbonyl (C=O) groups excluding carboxylic acids is 1. The topological polar surface area (TPSA) is 32.3 Å². The van der Waals surface area contributed by atoms with Gasteiger partial charge in [0.25, 0.3) is 0 Å².